The van der Waals surface area contributed by atoms with Gasteiger partial charge in [-0.1, -0.05) is 19.3 Å². The molecular formula is C29H40N4O4. The number of hydrogen-bond donors (Lipinski definition) is 1. The Labute approximate surface area is 219 Å². The monoisotopic (exact) mass is 508 g/mol. The number of hydrogen-bond acceptors (Lipinski definition) is 6. The normalized spacial score (nSPS) is 29.9. The van der Waals surface area contributed by atoms with Crippen molar-refractivity contribution in [3.8, 4) is 0 Å². The van der Waals surface area contributed by atoms with E-state index in [0.717, 1.165) is 70.4 Å². The van der Waals surface area contributed by atoms with Crippen LogP contribution in [0.2, 0.25) is 0 Å². The van der Waals surface area contributed by atoms with Gasteiger partial charge in [-0.2, -0.15) is 0 Å². The third-order valence-electron chi connectivity index (χ3n) is 9.41. The van der Waals surface area contributed by atoms with E-state index in [1.165, 1.54) is 6.42 Å². The van der Waals surface area contributed by atoms with Crippen LogP contribution in [0.3, 0.4) is 0 Å². The van der Waals surface area contributed by atoms with Crippen LogP contribution in [0.1, 0.15) is 55.3 Å². The van der Waals surface area contributed by atoms with Gasteiger partial charge < -0.3 is 24.8 Å². The highest BCUT2D eigenvalue weighted by Crippen LogP contribution is 2.46. The minimum absolute atomic E-state index is 0.00900. The molecular weight excluding hydrogens is 468 g/mol. The van der Waals surface area contributed by atoms with Gasteiger partial charge in [-0.05, 0) is 68.8 Å². The van der Waals surface area contributed by atoms with Crippen LogP contribution in [0.15, 0.2) is 24.3 Å². The van der Waals surface area contributed by atoms with Crippen molar-refractivity contribution in [2.45, 2.75) is 63.1 Å². The van der Waals surface area contributed by atoms with Gasteiger partial charge in [0.15, 0.2) is 5.78 Å². The maximum absolute atomic E-state index is 14.1. The largest absolute Gasteiger partial charge is 0.369 e. The molecule has 3 aliphatic heterocycles. The molecule has 0 aromatic heterocycles. The van der Waals surface area contributed by atoms with Crippen LogP contribution >= 0.6 is 0 Å². The van der Waals surface area contributed by atoms with Crippen molar-refractivity contribution < 1.29 is 19.1 Å². The zero-order valence-corrected chi connectivity index (χ0v) is 21.9. The molecule has 0 unspecified atom stereocenters. The maximum atomic E-state index is 14.1. The molecule has 5 fully saturated rings. The average molecular weight is 509 g/mol. The molecule has 1 aromatic carbocycles. The number of likely N-dealkylation sites (N-methyl/N-ethyl adjacent to an activating group) is 1. The topological polar surface area (TPSA) is 82.2 Å². The van der Waals surface area contributed by atoms with E-state index in [1.807, 2.05) is 24.3 Å². The Hall–Kier alpha value is -2.45. The van der Waals surface area contributed by atoms with Gasteiger partial charge in [-0.25, -0.2) is 0 Å². The summed E-state index contributed by atoms with van der Waals surface area (Å²) in [6.45, 7) is 4.68. The number of anilines is 1. The number of nitrogens with zero attached hydrogens (tertiary/aromatic N) is 3. The summed E-state index contributed by atoms with van der Waals surface area (Å²) in [5, 5.41) is 3.14. The third kappa shape index (κ3) is 5.02. The van der Waals surface area contributed by atoms with Crippen molar-refractivity contribution in [1.82, 2.24) is 15.1 Å². The van der Waals surface area contributed by atoms with Crippen LogP contribution in [0, 0.1) is 17.8 Å². The second kappa shape index (κ2) is 10.4. The van der Waals surface area contributed by atoms with Gasteiger partial charge in [-0.15, -0.1) is 0 Å². The molecule has 0 spiro atoms. The maximum Gasteiger partial charge on any atom is 0.251 e. The Morgan fingerprint density at radius 1 is 0.973 bits per heavy atom. The van der Waals surface area contributed by atoms with Crippen molar-refractivity contribution in [3.63, 3.8) is 0 Å². The molecule has 37 heavy (non-hydrogen) atoms. The average Bonchev–Trinajstić information content (AvgIpc) is 3.60. The molecule has 4 atom stereocenters. The molecule has 2 saturated carbocycles. The Kier molecular flexibility index (Phi) is 6.97. The number of rotatable bonds is 6. The van der Waals surface area contributed by atoms with Crippen LogP contribution in [0.5, 0.6) is 0 Å². The number of fused-ring (bicyclic) bond motifs is 1. The zero-order chi connectivity index (χ0) is 25.5. The highest BCUT2D eigenvalue weighted by molar-refractivity contribution is 5.99. The number of nitrogens with one attached hydrogen (secondary N) is 1. The number of benzene rings is 1. The molecule has 0 radical (unpaired) electrons. The number of ether oxygens (including phenoxy) is 1. The van der Waals surface area contributed by atoms with Crippen molar-refractivity contribution in [2.24, 2.45) is 17.8 Å². The molecule has 6 rings (SSSR count). The molecule has 5 aliphatic rings. The van der Waals surface area contributed by atoms with Gasteiger partial charge in [-0.3, -0.25) is 14.4 Å². The first-order chi connectivity index (χ1) is 18.0. The summed E-state index contributed by atoms with van der Waals surface area (Å²) < 4.78 is 5.89. The van der Waals surface area contributed by atoms with Gasteiger partial charge >= 0.3 is 0 Å². The van der Waals surface area contributed by atoms with Crippen LogP contribution in [0.25, 0.3) is 0 Å². The van der Waals surface area contributed by atoms with Crippen LogP contribution in [0.4, 0.5) is 5.69 Å². The van der Waals surface area contributed by atoms with Crippen LogP contribution in [-0.2, 0) is 14.3 Å². The molecule has 0 bridgehead atoms. The summed E-state index contributed by atoms with van der Waals surface area (Å²) in [6, 6.07) is 6.68. The lowest BCUT2D eigenvalue weighted by molar-refractivity contribution is -0.139. The summed E-state index contributed by atoms with van der Waals surface area (Å²) in [7, 11) is 2.14. The number of carbonyl (C=O) groups excluding carboxylic acids is 3. The number of ketones is 1. The van der Waals surface area contributed by atoms with Gasteiger partial charge in [0.25, 0.3) is 5.91 Å². The Bertz CT molecular complexity index is 1010. The molecule has 1 aromatic rings. The van der Waals surface area contributed by atoms with Crippen molar-refractivity contribution in [1.29, 1.82) is 0 Å². The fourth-order valence-corrected chi connectivity index (χ4v) is 7.00. The lowest BCUT2D eigenvalue weighted by Gasteiger charge is -2.34. The molecule has 8 heteroatoms. The zero-order valence-electron chi connectivity index (χ0n) is 21.9. The second-order valence-electron chi connectivity index (χ2n) is 11.9. The lowest BCUT2D eigenvalue weighted by atomic mass is 9.83. The molecule has 2 amide bonds. The smallest absolute Gasteiger partial charge is 0.251 e. The summed E-state index contributed by atoms with van der Waals surface area (Å²) in [6.07, 6.45) is 7.30. The van der Waals surface area contributed by atoms with Gasteiger partial charge in [0.05, 0.1) is 6.10 Å². The van der Waals surface area contributed by atoms with Crippen LogP contribution < -0.4 is 10.2 Å². The Balaban J connectivity index is 1.18. The first-order valence-corrected chi connectivity index (χ1v) is 14.3. The highest BCUT2D eigenvalue weighted by atomic mass is 16.5. The standard InChI is InChI=1S/C29H40N4O4/c1-31-13-15-32(16-14-31)22-11-9-21(10-12-22)28(35)30-25(20-5-3-2-4-6-20)29(36)33-17-23(19-7-8-19)27-26(33)24(34)18-37-27/h9-12,19-20,23,25-27H,2-8,13-18H2,1H3,(H,30,35)/t23-,25-,26+,27+/m0/s1. The molecule has 1 N–H and O–H groups in total. The minimum atomic E-state index is -0.600. The molecule has 2 aliphatic carbocycles. The van der Waals surface area contributed by atoms with E-state index < -0.39 is 12.1 Å². The van der Waals surface area contributed by atoms with E-state index in [4.69, 9.17) is 4.74 Å². The lowest BCUT2D eigenvalue weighted by Crippen LogP contribution is -2.55. The first-order valence-electron chi connectivity index (χ1n) is 14.3. The Morgan fingerprint density at radius 3 is 2.35 bits per heavy atom. The van der Waals surface area contributed by atoms with E-state index in [9.17, 15) is 14.4 Å². The minimum Gasteiger partial charge on any atom is -0.369 e. The van der Waals surface area contributed by atoms with E-state index in [0.29, 0.717) is 18.0 Å². The van der Waals surface area contributed by atoms with Crippen molar-refractivity contribution in [2.75, 3.05) is 51.3 Å². The van der Waals surface area contributed by atoms with E-state index in [2.05, 4.69) is 22.2 Å². The number of amides is 2. The van der Waals surface area contributed by atoms with Crippen LogP contribution in [-0.4, -0.2) is 92.0 Å². The number of Topliss-reactive ketones (excluding diaryl/α,β-unsaturated/α-hetero) is 1. The number of carbonyl (C=O) groups is 3. The summed E-state index contributed by atoms with van der Waals surface area (Å²) >= 11 is 0. The van der Waals surface area contributed by atoms with E-state index in [1.54, 1.807) is 4.90 Å². The first kappa shape index (κ1) is 24.9. The van der Waals surface area contributed by atoms with Crippen molar-refractivity contribution >= 4 is 23.3 Å². The van der Waals surface area contributed by atoms with E-state index >= 15 is 0 Å². The van der Waals surface area contributed by atoms with Gasteiger partial charge in [0, 0.05) is 49.9 Å². The van der Waals surface area contributed by atoms with Gasteiger partial charge in [0.2, 0.25) is 5.91 Å². The summed E-state index contributed by atoms with van der Waals surface area (Å²) in [4.78, 5) is 46.7. The predicted molar refractivity (Wildman–Crippen MR) is 140 cm³/mol. The van der Waals surface area contributed by atoms with Crippen molar-refractivity contribution in [3.05, 3.63) is 29.8 Å². The number of piperazine rings is 1. The molecule has 3 saturated heterocycles. The predicted octanol–water partition coefficient (Wildman–Crippen LogP) is 2.32. The quantitative estimate of drug-likeness (QED) is 0.635. The molecule has 200 valence electrons. The SMILES string of the molecule is CN1CCN(c2ccc(C(=O)N[C@H](C(=O)N3C[C@@H](C4CC4)[C@H]4OCC(=O)[C@H]43)C3CCCCC3)cc2)CC1. The summed E-state index contributed by atoms with van der Waals surface area (Å²) in [5.41, 5.74) is 1.69. The summed E-state index contributed by atoms with van der Waals surface area (Å²) in [5.74, 6) is 0.604. The number of likely N-dealkylation sites (tertiary alicyclic amines) is 1. The second-order valence-corrected chi connectivity index (χ2v) is 11.9. The molecule has 8 nitrogen and oxygen atoms in total. The highest BCUT2D eigenvalue weighted by Gasteiger charge is 2.56. The fourth-order valence-electron chi connectivity index (χ4n) is 7.00. The molecule has 3 heterocycles. The van der Waals surface area contributed by atoms with Gasteiger partial charge in [0.1, 0.15) is 18.7 Å². The third-order valence-corrected chi connectivity index (χ3v) is 9.41. The van der Waals surface area contributed by atoms with E-state index in [-0.39, 0.29) is 42.1 Å². The Morgan fingerprint density at radius 2 is 1.68 bits per heavy atom. The fraction of sp³-hybridized carbons (Fsp3) is 0.690.